The number of hydrogen-bond acceptors (Lipinski definition) is 4. The van der Waals surface area contributed by atoms with Gasteiger partial charge in [-0.1, -0.05) is 25.1 Å². The second-order valence-corrected chi connectivity index (χ2v) is 11.3. The molecule has 0 radical (unpaired) electrons. The van der Waals surface area contributed by atoms with Crippen molar-refractivity contribution in [2.24, 2.45) is 29.1 Å². The lowest BCUT2D eigenvalue weighted by molar-refractivity contribution is -0.146. The van der Waals surface area contributed by atoms with Crippen molar-refractivity contribution in [2.75, 3.05) is 19.6 Å². The third-order valence-corrected chi connectivity index (χ3v) is 9.33. The normalized spacial score (nSPS) is 41.8. The van der Waals surface area contributed by atoms with Gasteiger partial charge >= 0.3 is 5.97 Å². The van der Waals surface area contributed by atoms with Gasteiger partial charge in [-0.3, -0.25) is 9.59 Å². The second-order valence-electron chi connectivity index (χ2n) is 11.3. The van der Waals surface area contributed by atoms with Crippen LogP contribution in [0, 0.1) is 29.1 Å². The molecule has 4 fully saturated rings. The molecule has 3 aliphatic heterocycles. The minimum atomic E-state index is -0.0129. The first-order valence-electron chi connectivity index (χ1n) is 12.2. The summed E-state index contributed by atoms with van der Waals surface area (Å²) in [5.41, 5.74) is 2.96. The van der Waals surface area contributed by atoms with E-state index in [1.807, 2.05) is 10.6 Å². The van der Waals surface area contributed by atoms with Gasteiger partial charge in [0.1, 0.15) is 6.10 Å². The van der Waals surface area contributed by atoms with Gasteiger partial charge in [0.25, 0.3) is 5.56 Å². The Hall–Kier alpha value is -1.88. The number of esters is 1. The van der Waals surface area contributed by atoms with Gasteiger partial charge in [0.15, 0.2) is 0 Å². The Labute approximate surface area is 184 Å². The summed E-state index contributed by atoms with van der Waals surface area (Å²) in [6.07, 6.45) is 6.92. The molecule has 6 rings (SSSR count). The van der Waals surface area contributed by atoms with Gasteiger partial charge < -0.3 is 14.2 Å². The number of hydrogen-bond donors (Lipinski definition) is 0. The molecule has 4 heterocycles. The maximum Gasteiger partial charge on any atom is 0.310 e. The molecule has 0 N–H and O–H groups in total. The first kappa shape index (κ1) is 19.8. The first-order chi connectivity index (χ1) is 14.9. The van der Waals surface area contributed by atoms with E-state index in [-0.39, 0.29) is 29.0 Å². The molecule has 2 aliphatic carbocycles. The zero-order valence-corrected chi connectivity index (χ0v) is 18.6. The SMILES string of the molecule is C=C1CCC[C@]2(C)C[C@H]3OC(=O)[C@H](CN4C[C@H]5C[C@H](C4)c4cccc(=O)n4C5)[C@H]3C[C@@H]12. The van der Waals surface area contributed by atoms with Crippen LogP contribution in [-0.4, -0.2) is 41.2 Å². The van der Waals surface area contributed by atoms with Crippen LogP contribution >= 0.6 is 0 Å². The molecule has 2 saturated heterocycles. The molecule has 0 unspecified atom stereocenters. The van der Waals surface area contributed by atoms with Crippen LogP contribution in [0.15, 0.2) is 35.1 Å². The Morgan fingerprint density at radius 2 is 2.06 bits per heavy atom. The van der Waals surface area contributed by atoms with E-state index in [1.54, 1.807) is 6.07 Å². The van der Waals surface area contributed by atoms with E-state index in [0.29, 0.717) is 23.7 Å². The van der Waals surface area contributed by atoms with Gasteiger partial charge in [0, 0.05) is 49.8 Å². The Morgan fingerprint density at radius 3 is 2.94 bits per heavy atom. The monoisotopic (exact) mass is 422 g/mol. The topological polar surface area (TPSA) is 51.5 Å². The number of fused-ring (bicyclic) bond motifs is 6. The van der Waals surface area contributed by atoms with E-state index in [9.17, 15) is 9.59 Å². The lowest BCUT2D eigenvalue weighted by atomic mass is 9.55. The second kappa shape index (κ2) is 7.06. The minimum Gasteiger partial charge on any atom is -0.462 e. The summed E-state index contributed by atoms with van der Waals surface area (Å²) in [5.74, 6) is 1.77. The molecule has 2 bridgehead atoms. The minimum absolute atomic E-state index is 0.0129. The smallest absolute Gasteiger partial charge is 0.310 e. The Balaban J connectivity index is 1.20. The van der Waals surface area contributed by atoms with Crippen LogP contribution in [0.4, 0.5) is 0 Å². The van der Waals surface area contributed by atoms with Crippen molar-refractivity contribution < 1.29 is 9.53 Å². The Bertz CT molecular complexity index is 983. The molecule has 1 aromatic heterocycles. The van der Waals surface area contributed by atoms with Gasteiger partial charge in [-0.25, -0.2) is 0 Å². The fraction of sp³-hybridized carbons (Fsp3) is 0.692. The number of nitrogens with zero attached hydrogens (tertiary/aromatic N) is 2. The van der Waals surface area contributed by atoms with Gasteiger partial charge in [0.05, 0.1) is 5.92 Å². The molecule has 0 amide bonds. The van der Waals surface area contributed by atoms with Crippen molar-refractivity contribution in [2.45, 2.75) is 64.0 Å². The van der Waals surface area contributed by atoms with Crippen LogP contribution in [0.25, 0.3) is 0 Å². The van der Waals surface area contributed by atoms with Crippen molar-refractivity contribution in [1.29, 1.82) is 0 Å². The molecule has 7 atom stereocenters. The molecule has 1 aromatic rings. The van der Waals surface area contributed by atoms with Gasteiger partial charge in [-0.15, -0.1) is 0 Å². The molecule has 31 heavy (non-hydrogen) atoms. The number of allylic oxidation sites excluding steroid dienone is 1. The zero-order chi connectivity index (χ0) is 21.3. The quantitative estimate of drug-likeness (QED) is 0.540. The van der Waals surface area contributed by atoms with E-state index < -0.39 is 0 Å². The number of pyridine rings is 1. The predicted molar refractivity (Wildman–Crippen MR) is 119 cm³/mol. The summed E-state index contributed by atoms with van der Waals surface area (Å²) in [4.78, 5) is 27.8. The number of carbonyl (C=O) groups excluding carboxylic acids is 1. The zero-order valence-electron chi connectivity index (χ0n) is 18.6. The fourth-order valence-electron chi connectivity index (χ4n) is 7.89. The van der Waals surface area contributed by atoms with Crippen LogP contribution in [0.5, 0.6) is 0 Å². The standard InChI is InChI=1S/C26H34N2O3/c1-16-5-4-8-26(2)11-23-19(10-21(16)26)20(25(30)31-23)15-27-12-17-9-18(14-27)22-6-3-7-24(29)28(22)13-17/h3,6-7,17-21,23H,1,4-5,8-15H2,2H3/t17-,18-,19-,20-,21+,23-,26-/m1/s1. The molecular weight excluding hydrogens is 388 g/mol. The highest BCUT2D eigenvalue weighted by atomic mass is 16.6. The van der Waals surface area contributed by atoms with Crippen molar-refractivity contribution in [3.63, 3.8) is 0 Å². The van der Waals surface area contributed by atoms with Gasteiger partial charge in [-0.05, 0) is 61.8 Å². The van der Waals surface area contributed by atoms with E-state index in [1.165, 1.54) is 24.1 Å². The summed E-state index contributed by atoms with van der Waals surface area (Å²) in [6.45, 7) is 10.3. The molecule has 0 spiro atoms. The number of likely N-dealkylation sites (tertiary alicyclic amines) is 1. The highest BCUT2D eigenvalue weighted by Crippen LogP contribution is 2.57. The van der Waals surface area contributed by atoms with E-state index >= 15 is 0 Å². The maximum absolute atomic E-state index is 13.0. The maximum atomic E-state index is 13.0. The van der Waals surface area contributed by atoms with Crippen LogP contribution in [0.1, 0.15) is 57.1 Å². The number of carbonyl (C=O) groups is 1. The highest BCUT2D eigenvalue weighted by molar-refractivity contribution is 5.75. The van der Waals surface area contributed by atoms with Gasteiger partial charge in [0.2, 0.25) is 0 Å². The molecular formula is C26H34N2O3. The van der Waals surface area contributed by atoms with Crippen LogP contribution < -0.4 is 5.56 Å². The fourth-order valence-corrected chi connectivity index (χ4v) is 7.89. The summed E-state index contributed by atoms with van der Waals surface area (Å²) < 4.78 is 7.97. The summed E-state index contributed by atoms with van der Waals surface area (Å²) in [5, 5.41) is 0. The largest absolute Gasteiger partial charge is 0.462 e. The van der Waals surface area contributed by atoms with Crippen molar-refractivity contribution in [3.8, 4) is 0 Å². The molecule has 5 aliphatic rings. The molecule has 5 nitrogen and oxygen atoms in total. The lowest BCUT2D eigenvalue weighted by Crippen LogP contribution is -2.50. The predicted octanol–water partition coefficient (Wildman–Crippen LogP) is 3.58. The van der Waals surface area contributed by atoms with Crippen LogP contribution in [-0.2, 0) is 16.1 Å². The third kappa shape index (κ3) is 3.14. The van der Waals surface area contributed by atoms with Crippen molar-refractivity contribution in [3.05, 3.63) is 46.4 Å². The van der Waals surface area contributed by atoms with Gasteiger partial charge in [-0.2, -0.15) is 0 Å². The van der Waals surface area contributed by atoms with E-state index in [0.717, 1.165) is 51.9 Å². The van der Waals surface area contributed by atoms with Crippen LogP contribution in [0.3, 0.4) is 0 Å². The summed E-state index contributed by atoms with van der Waals surface area (Å²) in [6, 6.07) is 5.68. The third-order valence-electron chi connectivity index (χ3n) is 9.33. The number of rotatable bonds is 2. The van der Waals surface area contributed by atoms with E-state index in [4.69, 9.17) is 4.74 Å². The lowest BCUT2D eigenvalue weighted by Gasteiger charge is -2.50. The molecule has 0 aromatic carbocycles. The van der Waals surface area contributed by atoms with Crippen molar-refractivity contribution in [1.82, 2.24) is 9.47 Å². The van der Waals surface area contributed by atoms with Crippen LogP contribution in [0.2, 0.25) is 0 Å². The molecule has 166 valence electrons. The molecule has 2 saturated carbocycles. The number of aromatic nitrogens is 1. The Kier molecular flexibility index (Phi) is 4.51. The van der Waals surface area contributed by atoms with Crippen molar-refractivity contribution >= 4 is 5.97 Å². The first-order valence-corrected chi connectivity index (χ1v) is 12.2. The summed E-state index contributed by atoms with van der Waals surface area (Å²) in [7, 11) is 0. The average Bonchev–Trinajstić information content (AvgIpc) is 3.01. The highest BCUT2D eigenvalue weighted by Gasteiger charge is 2.55. The molecule has 5 heteroatoms. The number of piperidine rings is 1. The number of ether oxygens (including phenoxy) is 1. The Morgan fingerprint density at radius 1 is 1.19 bits per heavy atom. The van der Waals surface area contributed by atoms with E-state index in [2.05, 4.69) is 24.5 Å². The summed E-state index contributed by atoms with van der Waals surface area (Å²) >= 11 is 0. The average molecular weight is 423 g/mol.